The number of amides is 1. The van der Waals surface area contributed by atoms with Crippen molar-refractivity contribution in [3.05, 3.63) is 95.1 Å². The van der Waals surface area contributed by atoms with E-state index in [1.54, 1.807) is 18.0 Å². The Morgan fingerprint density at radius 1 is 0.966 bits per heavy atom. The lowest BCUT2D eigenvalue weighted by Gasteiger charge is -2.12. The van der Waals surface area contributed by atoms with Crippen molar-refractivity contribution in [2.45, 2.75) is 25.0 Å². The molecule has 4 heteroatoms. The number of hydrogen-bond donors (Lipinski definition) is 1. The predicted octanol–water partition coefficient (Wildman–Crippen LogP) is 5.76. The quantitative estimate of drug-likeness (QED) is 0.422. The monoisotopic (exact) mass is 400 g/mol. The summed E-state index contributed by atoms with van der Waals surface area (Å²) in [7, 11) is 0. The lowest BCUT2D eigenvalue weighted by atomic mass is 10.0. The van der Waals surface area contributed by atoms with E-state index in [9.17, 15) is 4.79 Å². The highest BCUT2D eigenvalue weighted by Gasteiger charge is 2.28. The van der Waals surface area contributed by atoms with Crippen molar-refractivity contribution in [3.63, 3.8) is 0 Å². The lowest BCUT2D eigenvalue weighted by molar-refractivity contribution is -0.118. The third-order valence-corrected chi connectivity index (χ3v) is 6.43. The van der Waals surface area contributed by atoms with Gasteiger partial charge in [-0.25, -0.2) is 5.43 Å². The second kappa shape index (κ2) is 8.66. The minimum absolute atomic E-state index is 0.0908. The Labute approximate surface area is 176 Å². The Kier molecular flexibility index (Phi) is 5.81. The van der Waals surface area contributed by atoms with E-state index in [4.69, 9.17) is 0 Å². The van der Waals surface area contributed by atoms with Crippen molar-refractivity contribution < 1.29 is 4.79 Å². The average molecular weight is 401 g/mol. The summed E-state index contributed by atoms with van der Waals surface area (Å²) in [5.41, 5.74) is 10.0. The molecule has 0 bridgehead atoms. The molecule has 1 N–H and O–H groups in total. The van der Waals surface area contributed by atoms with Gasteiger partial charge in [0.15, 0.2) is 0 Å². The smallest absolute Gasteiger partial charge is 0.250 e. The van der Waals surface area contributed by atoms with Crippen molar-refractivity contribution >= 4 is 23.9 Å². The van der Waals surface area contributed by atoms with Gasteiger partial charge < -0.3 is 0 Å². The van der Waals surface area contributed by atoms with Crippen LogP contribution in [0.1, 0.15) is 47.3 Å². The molecule has 1 aliphatic carbocycles. The van der Waals surface area contributed by atoms with Crippen molar-refractivity contribution in [1.29, 1.82) is 0 Å². The van der Waals surface area contributed by atoms with Gasteiger partial charge in [-0.2, -0.15) is 5.10 Å². The summed E-state index contributed by atoms with van der Waals surface area (Å²) in [5, 5.41) is 4.29. The number of hydrazone groups is 1. The third kappa shape index (κ3) is 4.28. The molecule has 29 heavy (non-hydrogen) atoms. The van der Waals surface area contributed by atoms with Crippen LogP contribution in [0.25, 0.3) is 11.1 Å². The van der Waals surface area contributed by atoms with Crippen molar-refractivity contribution in [3.8, 4) is 11.1 Å². The Hall–Kier alpha value is -2.85. The zero-order valence-corrected chi connectivity index (χ0v) is 17.4. The van der Waals surface area contributed by atoms with Gasteiger partial charge in [0.1, 0.15) is 0 Å². The molecule has 3 nitrogen and oxygen atoms in total. The summed E-state index contributed by atoms with van der Waals surface area (Å²) < 4.78 is 0. The summed E-state index contributed by atoms with van der Waals surface area (Å²) in [4.78, 5) is 12.3. The molecule has 1 aliphatic rings. The highest BCUT2D eigenvalue weighted by atomic mass is 32.2. The van der Waals surface area contributed by atoms with E-state index in [-0.39, 0.29) is 11.2 Å². The Morgan fingerprint density at radius 3 is 2.14 bits per heavy atom. The molecule has 1 amide bonds. The zero-order chi connectivity index (χ0) is 20.2. The number of thioether (sulfide) groups is 1. The lowest BCUT2D eigenvalue weighted by Crippen LogP contribution is -2.20. The van der Waals surface area contributed by atoms with Crippen LogP contribution >= 0.6 is 11.8 Å². The van der Waals surface area contributed by atoms with Gasteiger partial charge in [0.2, 0.25) is 5.91 Å². The van der Waals surface area contributed by atoms with Gasteiger partial charge in [0, 0.05) is 0 Å². The number of benzene rings is 3. The van der Waals surface area contributed by atoms with Crippen molar-refractivity contribution in [2.75, 3.05) is 5.75 Å². The topological polar surface area (TPSA) is 41.5 Å². The van der Waals surface area contributed by atoms with Crippen LogP contribution in [0.5, 0.6) is 0 Å². The molecule has 146 valence electrons. The molecule has 0 spiro atoms. The summed E-state index contributed by atoms with van der Waals surface area (Å²) in [6.07, 6.45) is 1.69. The van der Waals surface area contributed by atoms with Crippen LogP contribution in [0.3, 0.4) is 0 Å². The third-order valence-electron chi connectivity index (χ3n) is 5.16. The fraction of sp³-hybridized carbons (Fsp3) is 0.200. The van der Waals surface area contributed by atoms with Gasteiger partial charge in [-0.15, -0.1) is 11.8 Å². The largest absolute Gasteiger partial charge is 0.272 e. The van der Waals surface area contributed by atoms with E-state index >= 15 is 0 Å². The van der Waals surface area contributed by atoms with Gasteiger partial charge >= 0.3 is 0 Å². The number of hydrogen-bond acceptors (Lipinski definition) is 3. The second-order valence-electron chi connectivity index (χ2n) is 7.48. The molecule has 3 aromatic carbocycles. The van der Waals surface area contributed by atoms with Crippen LogP contribution in [0.2, 0.25) is 0 Å². The van der Waals surface area contributed by atoms with E-state index in [1.807, 2.05) is 12.1 Å². The number of rotatable bonds is 6. The Balaban J connectivity index is 1.36. The highest BCUT2D eigenvalue weighted by Crippen LogP contribution is 2.49. The first kappa shape index (κ1) is 19.5. The van der Waals surface area contributed by atoms with Gasteiger partial charge in [-0.3, -0.25) is 4.79 Å². The van der Waals surface area contributed by atoms with E-state index in [2.05, 4.69) is 85.0 Å². The van der Waals surface area contributed by atoms with Crippen molar-refractivity contribution in [1.82, 2.24) is 5.43 Å². The molecule has 0 fully saturated rings. The Bertz CT molecular complexity index is 995. The maximum atomic E-state index is 12.3. The van der Waals surface area contributed by atoms with Crippen LogP contribution in [0, 0.1) is 0 Å². The molecule has 0 heterocycles. The molecule has 0 radical (unpaired) electrons. The first-order chi connectivity index (χ1) is 14.1. The highest BCUT2D eigenvalue weighted by molar-refractivity contribution is 8.00. The number of nitrogens with zero attached hydrogens (tertiary/aromatic N) is 1. The number of carbonyl (C=O) groups excluding carboxylic acids is 1. The molecular weight excluding hydrogens is 376 g/mol. The molecule has 0 atom stereocenters. The molecule has 0 saturated heterocycles. The van der Waals surface area contributed by atoms with Crippen LogP contribution in [0.4, 0.5) is 0 Å². The molecule has 0 aliphatic heterocycles. The van der Waals surface area contributed by atoms with Gasteiger partial charge in [0.05, 0.1) is 17.2 Å². The first-order valence-corrected chi connectivity index (χ1v) is 10.9. The SMILES string of the molecule is CC(C)c1ccc(/C=N\NC(=O)CSC2c3ccccc3-c3ccccc32)cc1. The maximum Gasteiger partial charge on any atom is 0.250 e. The summed E-state index contributed by atoms with van der Waals surface area (Å²) >= 11 is 1.64. The van der Waals surface area contributed by atoms with Crippen LogP contribution < -0.4 is 5.43 Å². The van der Waals surface area contributed by atoms with Gasteiger partial charge in [0.25, 0.3) is 0 Å². The standard InChI is InChI=1S/C25H24N2OS/c1-17(2)19-13-11-18(12-14-19)15-26-27-24(28)16-29-25-22-9-5-3-7-20(22)21-8-4-6-10-23(21)25/h3-15,17,25H,16H2,1-2H3,(H,27,28)/b26-15-. The molecule has 0 aromatic heterocycles. The summed E-state index contributed by atoms with van der Waals surface area (Å²) in [6.45, 7) is 4.34. The zero-order valence-electron chi connectivity index (χ0n) is 16.6. The minimum Gasteiger partial charge on any atom is -0.272 e. The fourth-order valence-corrected chi connectivity index (χ4v) is 4.78. The summed E-state index contributed by atoms with van der Waals surface area (Å²) in [5.74, 6) is 0.771. The normalized spacial score (nSPS) is 12.9. The average Bonchev–Trinajstić information content (AvgIpc) is 3.06. The van der Waals surface area contributed by atoms with E-state index in [0.29, 0.717) is 11.7 Å². The number of carbonyl (C=O) groups is 1. The molecule has 0 saturated carbocycles. The van der Waals surface area contributed by atoms with Crippen LogP contribution in [-0.4, -0.2) is 17.9 Å². The molecule has 3 aromatic rings. The molecular formula is C25H24N2OS. The second-order valence-corrected chi connectivity index (χ2v) is 8.57. The summed E-state index contributed by atoms with van der Waals surface area (Å²) in [6, 6.07) is 25.1. The molecule has 0 unspecified atom stereocenters. The van der Waals surface area contributed by atoms with Crippen LogP contribution in [0.15, 0.2) is 77.9 Å². The fourth-order valence-electron chi connectivity index (χ4n) is 3.63. The Morgan fingerprint density at radius 2 is 1.55 bits per heavy atom. The van der Waals surface area contributed by atoms with E-state index < -0.39 is 0 Å². The number of fused-ring (bicyclic) bond motifs is 3. The van der Waals surface area contributed by atoms with E-state index in [1.165, 1.54) is 27.8 Å². The number of nitrogens with one attached hydrogen (secondary N) is 1. The van der Waals surface area contributed by atoms with Gasteiger partial charge in [-0.05, 0) is 39.3 Å². The predicted molar refractivity (Wildman–Crippen MR) is 122 cm³/mol. The van der Waals surface area contributed by atoms with Crippen molar-refractivity contribution in [2.24, 2.45) is 5.10 Å². The first-order valence-electron chi connectivity index (χ1n) is 9.85. The maximum absolute atomic E-state index is 12.3. The van der Waals surface area contributed by atoms with Crippen LogP contribution in [-0.2, 0) is 4.79 Å². The van der Waals surface area contributed by atoms with Gasteiger partial charge in [-0.1, -0.05) is 86.6 Å². The minimum atomic E-state index is -0.0908. The van der Waals surface area contributed by atoms with E-state index in [0.717, 1.165) is 5.56 Å². The molecule has 4 rings (SSSR count).